The van der Waals surface area contributed by atoms with Crippen molar-refractivity contribution in [2.45, 2.75) is 39.2 Å². The summed E-state index contributed by atoms with van der Waals surface area (Å²) >= 11 is 0. The maximum atomic E-state index is 12.6. The normalized spacial score (nSPS) is 19.5. The third kappa shape index (κ3) is 2.70. The molecular weight excluding hydrogens is 243 g/mol. The van der Waals surface area contributed by atoms with E-state index in [9.17, 15) is 4.57 Å². The summed E-state index contributed by atoms with van der Waals surface area (Å²) in [5.74, 6) is 0.520. The van der Waals surface area contributed by atoms with E-state index >= 15 is 0 Å². The Bertz CT molecular complexity index is 431. The Morgan fingerprint density at radius 3 is 2.22 bits per heavy atom. The predicted octanol–water partition coefficient (Wildman–Crippen LogP) is 4.65. The van der Waals surface area contributed by atoms with Crippen LogP contribution in [0.3, 0.4) is 0 Å². The van der Waals surface area contributed by atoms with Gasteiger partial charge in [-0.05, 0) is 31.2 Å². The molecule has 1 unspecified atom stereocenters. The topological polar surface area (TPSA) is 26.3 Å². The standard InChI is InChI=1S/C15H23O2P/c1-4-18(16,5-2)17-15(3,14-11-12-14)13-9-7-6-8-10-13/h6-10,14H,4-5,11-12H2,1-3H3. The number of benzene rings is 1. The van der Waals surface area contributed by atoms with Crippen LogP contribution in [0.1, 0.15) is 39.2 Å². The Labute approximate surface area is 110 Å². The molecule has 0 heterocycles. The van der Waals surface area contributed by atoms with E-state index < -0.39 is 7.37 Å². The molecule has 100 valence electrons. The average Bonchev–Trinajstić information content (AvgIpc) is 3.24. The number of hydrogen-bond acceptors (Lipinski definition) is 2. The minimum absolute atomic E-state index is 0.372. The molecule has 1 atom stereocenters. The molecule has 2 rings (SSSR count). The highest BCUT2D eigenvalue weighted by atomic mass is 31.2. The van der Waals surface area contributed by atoms with Gasteiger partial charge in [0.1, 0.15) is 5.60 Å². The highest BCUT2D eigenvalue weighted by Crippen LogP contribution is 2.58. The second-order valence-corrected chi connectivity index (χ2v) is 8.36. The molecule has 1 aromatic rings. The molecule has 1 fully saturated rings. The van der Waals surface area contributed by atoms with Gasteiger partial charge in [-0.25, -0.2) is 0 Å². The minimum Gasteiger partial charge on any atom is -0.317 e. The third-order valence-corrected chi connectivity index (χ3v) is 6.66. The molecule has 3 heteroatoms. The molecule has 0 aliphatic heterocycles. The second-order valence-electron chi connectivity index (χ2n) is 5.29. The lowest BCUT2D eigenvalue weighted by Gasteiger charge is -2.34. The summed E-state index contributed by atoms with van der Waals surface area (Å²) in [5.41, 5.74) is 0.789. The molecule has 0 spiro atoms. The first-order valence-corrected chi connectivity index (χ1v) is 8.88. The van der Waals surface area contributed by atoms with E-state index in [1.165, 1.54) is 12.8 Å². The van der Waals surface area contributed by atoms with Crippen LogP contribution in [-0.4, -0.2) is 12.3 Å². The van der Waals surface area contributed by atoms with E-state index in [-0.39, 0.29) is 5.60 Å². The van der Waals surface area contributed by atoms with Crippen LogP contribution in [-0.2, 0) is 14.7 Å². The zero-order chi connectivity index (χ0) is 13.2. The summed E-state index contributed by atoms with van der Waals surface area (Å²) in [7, 11) is -2.48. The van der Waals surface area contributed by atoms with Crippen LogP contribution in [0.4, 0.5) is 0 Å². The van der Waals surface area contributed by atoms with Gasteiger partial charge in [-0.3, -0.25) is 4.57 Å². The lowest BCUT2D eigenvalue weighted by molar-refractivity contribution is 0.0660. The van der Waals surface area contributed by atoms with Crippen LogP contribution in [0.25, 0.3) is 0 Å². The maximum Gasteiger partial charge on any atom is 0.203 e. The molecule has 0 saturated heterocycles. The van der Waals surface area contributed by atoms with Crippen molar-refractivity contribution in [2.75, 3.05) is 12.3 Å². The van der Waals surface area contributed by atoms with Crippen LogP contribution >= 0.6 is 7.37 Å². The van der Waals surface area contributed by atoms with Crippen LogP contribution in [0.15, 0.2) is 30.3 Å². The Hall–Kier alpha value is -0.590. The molecule has 18 heavy (non-hydrogen) atoms. The summed E-state index contributed by atoms with van der Waals surface area (Å²) < 4.78 is 18.8. The highest BCUT2D eigenvalue weighted by molar-refractivity contribution is 7.58. The van der Waals surface area contributed by atoms with Gasteiger partial charge in [0, 0.05) is 12.3 Å². The van der Waals surface area contributed by atoms with Crippen molar-refractivity contribution in [1.29, 1.82) is 0 Å². The van der Waals surface area contributed by atoms with Crippen molar-refractivity contribution in [3.63, 3.8) is 0 Å². The molecule has 0 amide bonds. The van der Waals surface area contributed by atoms with Gasteiger partial charge in [0.05, 0.1) is 0 Å². The predicted molar refractivity (Wildman–Crippen MR) is 76.3 cm³/mol. The van der Waals surface area contributed by atoms with Gasteiger partial charge in [-0.2, -0.15) is 0 Å². The molecule has 0 radical (unpaired) electrons. The van der Waals surface area contributed by atoms with Gasteiger partial charge in [-0.15, -0.1) is 0 Å². The average molecular weight is 266 g/mol. The van der Waals surface area contributed by atoms with Gasteiger partial charge in [0.25, 0.3) is 0 Å². The van der Waals surface area contributed by atoms with E-state index in [0.717, 1.165) is 5.56 Å². The molecule has 0 N–H and O–H groups in total. The lowest BCUT2D eigenvalue weighted by atomic mass is 9.91. The molecule has 1 aliphatic carbocycles. The van der Waals surface area contributed by atoms with Crippen molar-refractivity contribution in [1.82, 2.24) is 0 Å². The van der Waals surface area contributed by atoms with E-state index in [2.05, 4.69) is 19.1 Å². The van der Waals surface area contributed by atoms with Crippen molar-refractivity contribution in [3.8, 4) is 0 Å². The van der Waals surface area contributed by atoms with Crippen molar-refractivity contribution in [2.24, 2.45) is 5.92 Å². The fraction of sp³-hybridized carbons (Fsp3) is 0.600. The van der Waals surface area contributed by atoms with Crippen LogP contribution in [0.2, 0.25) is 0 Å². The summed E-state index contributed by atoms with van der Waals surface area (Å²) in [6.45, 7) is 6.03. The summed E-state index contributed by atoms with van der Waals surface area (Å²) in [4.78, 5) is 0. The first-order valence-electron chi connectivity index (χ1n) is 6.88. The largest absolute Gasteiger partial charge is 0.317 e. The summed E-state index contributed by atoms with van der Waals surface area (Å²) in [6.07, 6.45) is 3.61. The monoisotopic (exact) mass is 266 g/mol. The quantitative estimate of drug-likeness (QED) is 0.701. The summed E-state index contributed by atoms with van der Waals surface area (Å²) in [5, 5.41) is 0. The second kappa shape index (κ2) is 5.19. The number of hydrogen-bond donors (Lipinski definition) is 0. The molecule has 0 bridgehead atoms. The zero-order valence-corrected chi connectivity index (χ0v) is 12.5. The zero-order valence-electron chi connectivity index (χ0n) is 11.6. The van der Waals surface area contributed by atoms with Gasteiger partial charge in [0.2, 0.25) is 7.37 Å². The third-order valence-electron chi connectivity index (χ3n) is 4.02. The minimum atomic E-state index is -2.48. The van der Waals surface area contributed by atoms with E-state index in [1.54, 1.807) is 0 Å². The van der Waals surface area contributed by atoms with Crippen LogP contribution in [0.5, 0.6) is 0 Å². The van der Waals surface area contributed by atoms with Crippen molar-refractivity contribution in [3.05, 3.63) is 35.9 Å². The molecule has 1 aliphatic rings. The first kappa shape index (κ1) is 13.8. The Morgan fingerprint density at radius 1 is 1.22 bits per heavy atom. The van der Waals surface area contributed by atoms with Gasteiger partial charge in [0.15, 0.2) is 0 Å². The Morgan fingerprint density at radius 2 is 1.78 bits per heavy atom. The van der Waals surface area contributed by atoms with E-state index in [4.69, 9.17) is 4.52 Å². The van der Waals surface area contributed by atoms with Crippen molar-refractivity contribution >= 4 is 7.37 Å². The van der Waals surface area contributed by atoms with E-state index in [1.807, 2.05) is 32.0 Å². The fourth-order valence-corrected chi connectivity index (χ4v) is 4.12. The van der Waals surface area contributed by atoms with Gasteiger partial charge < -0.3 is 4.52 Å². The maximum absolute atomic E-state index is 12.6. The Balaban J connectivity index is 2.31. The molecule has 2 nitrogen and oxygen atoms in total. The molecule has 1 aromatic carbocycles. The van der Waals surface area contributed by atoms with Gasteiger partial charge >= 0.3 is 0 Å². The summed E-state index contributed by atoms with van der Waals surface area (Å²) in [6, 6.07) is 10.3. The smallest absolute Gasteiger partial charge is 0.203 e. The highest BCUT2D eigenvalue weighted by Gasteiger charge is 2.47. The molecule has 0 aromatic heterocycles. The fourth-order valence-electron chi connectivity index (χ4n) is 2.46. The molecular formula is C15H23O2P. The van der Waals surface area contributed by atoms with Crippen LogP contribution in [0, 0.1) is 5.92 Å². The lowest BCUT2D eigenvalue weighted by Crippen LogP contribution is -2.28. The Kier molecular flexibility index (Phi) is 3.99. The van der Waals surface area contributed by atoms with Crippen LogP contribution < -0.4 is 0 Å². The first-order chi connectivity index (χ1) is 8.54. The number of rotatable bonds is 6. The molecule has 1 saturated carbocycles. The van der Waals surface area contributed by atoms with E-state index in [0.29, 0.717) is 18.2 Å². The van der Waals surface area contributed by atoms with Gasteiger partial charge in [-0.1, -0.05) is 44.2 Å². The SMILES string of the molecule is CCP(=O)(CC)OC(C)(c1ccccc1)C1CC1. The van der Waals surface area contributed by atoms with Crippen molar-refractivity contribution < 1.29 is 9.09 Å².